The Balaban J connectivity index is 2.15. The van der Waals surface area contributed by atoms with E-state index in [1.54, 1.807) is 0 Å². The van der Waals surface area contributed by atoms with E-state index in [1.165, 1.54) is 45.5 Å². The van der Waals surface area contributed by atoms with Crippen LogP contribution in [-0.4, -0.2) is 52.3 Å². The Morgan fingerprint density at radius 3 is 2.32 bits per heavy atom. The van der Waals surface area contributed by atoms with Gasteiger partial charge in [-0.15, -0.1) is 0 Å². The van der Waals surface area contributed by atoms with Gasteiger partial charge in [0.1, 0.15) is 4.90 Å². The number of ether oxygens (including phenoxy) is 2. The Bertz CT molecular complexity index is 1020. The molecule has 0 saturated carbocycles. The van der Waals surface area contributed by atoms with Gasteiger partial charge in [-0.1, -0.05) is 11.6 Å². The molecule has 0 spiro atoms. The maximum Gasteiger partial charge on any atom is 0.338 e. The predicted molar refractivity (Wildman–Crippen MR) is 99.9 cm³/mol. The Morgan fingerprint density at radius 2 is 1.75 bits per heavy atom. The number of halogens is 2. The minimum absolute atomic E-state index is 0.00178. The molecule has 0 radical (unpaired) electrons. The Morgan fingerprint density at radius 1 is 1.11 bits per heavy atom. The van der Waals surface area contributed by atoms with Crippen LogP contribution in [0.5, 0.6) is 5.75 Å². The number of carbonyl (C=O) groups excluding carboxylic acids is 2. The quantitative estimate of drug-likeness (QED) is 0.496. The van der Waals surface area contributed by atoms with E-state index in [0.29, 0.717) is 0 Å². The molecular formula is C18H17ClFNO6S. The molecule has 10 heteroatoms. The minimum atomic E-state index is -3.88. The van der Waals surface area contributed by atoms with Gasteiger partial charge in [-0.05, 0) is 36.4 Å². The normalized spacial score (nSPS) is 11.4. The van der Waals surface area contributed by atoms with Crippen molar-refractivity contribution in [3.05, 3.63) is 58.4 Å². The van der Waals surface area contributed by atoms with E-state index in [1.807, 2.05) is 0 Å². The van der Waals surface area contributed by atoms with Gasteiger partial charge in [0.15, 0.2) is 24.0 Å². The number of ketones is 1. The summed E-state index contributed by atoms with van der Waals surface area (Å²) in [4.78, 5) is 24.0. The third-order valence-electron chi connectivity index (χ3n) is 3.73. The maximum atomic E-state index is 13.7. The molecule has 2 aromatic carbocycles. The van der Waals surface area contributed by atoms with E-state index in [0.717, 1.165) is 16.4 Å². The van der Waals surface area contributed by atoms with E-state index >= 15 is 0 Å². The number of benzene rings is 2. The van der Waals surface area contributed by atoms with Gasteiger partial charge in [-0.25, -0.2) is 21.9 Å². The fraction of sp³-hybridized carbons (Fsp3) is 0.222. The highest BCUT2D eigenvalue weighted by Gasteiger charge is 2.23. The summed E-state index contributed by atoms with van der Waals surface area (Å²) in [5.41, 5.74) is -0.100. The highest BCUT2D eigenvalue weighted by Crippen LogP contribution is 2.25. The summed E-state index contributed by atoms with van der Waals surface area (Å²) in [5.74, 6) is -2.31. The van der Waals surface area contributed by atoms with Crippen molar-refractivity contribution >= 4 is 33.4 Å². The monoisotopic (exact) mass is 429 g/mol. The van der Waals surface area contributed by atoms with Crippen LogP contribution in [0.15, 0.2) is 41.3 Å². The molecule has 0 aromatic heterocycles. The molecule has 0 N–H and O–H groups in total. The number of Topliss-reactive ketones (excluding diaryl/α,β-unsaturated/α-hetero) is 1. The topological polar surface area (TPSA) is 90.0 Å². The third kappa shape index (κ3) is 4.67. The van der Waals surface area contributed by atoms with Crippen molar-refractivity contribution < 1.29 is 31.9 Å². The number of carbonyl (C=O) groups is 2. The maximum absolute atomic E-state index is 13.7. The van der Waals surface area contributed by atoms with Gasteiger partial charge in [-0.3, -0.25) is 4.79 Å². The number of hydrogen-bond acceptors (Lipinski definition) is 6. The fourth-order valence-electron chi connectivity index (χ4n) is 2.16. The molecule has 7 nitrogen and oxygen atoms in total. The molecular weight excluding hydrogens is 413 g/mol. The number of esters is 1. The molecule has 2 aromatic rings. The first kappa shape index (κ1) is 21.8. The molecule has 0 bridgehead atoms. The summed E-state index contributed by atoms with van der Waals surface area (Å²) in [6.07, 6.45) is 0. The summed E-state index contributed by atoms with van der Waals surface area (Å²) in [6, 6.07) is 7.17. The van der Waals surface area contributed by atoms with Crippen molar-refractivity contribution in [2.45, 2.75) is 4.90 Å². The van der Waals surface area contributed by atoms with Crippen LogP contribution >= 0.6 is 11.6 Å². The Kier molecular flexibility index (Phi) is 6.76. The van der Waals surface area contributed by atoms with E-state index in [2.05, 4.69) is 0 Å². The van der Waals surface area contributed by atoms with Crippen LogP contribution in [0, 0.1) is 5.82 Å². The molecule has 150 valence electrons. The van der Waals surface area contributed by atoms with Gasteiger partial charge in [0.05, 0.1) is 17.7 Å². The van der Waals surface area contributed by atoms with Crippen molar-refractivity contribution in [3.63, 3.8) is 0 Å². The minimum Gasteiger partial charge on any atom is -0.494 e. The average Bonchev–Trinajstić information content (AvgIpc) is 2.65. The van der Waals surface area contributed by atoms with Crippen molar-refractivity contribution in [2.75, 3.05) is 27.8 Å². The lowest BCUT2D eigenvalue weighted by molar-refractivity contribution is 0.0474. The average molecular weight is 430 g/mol. The SMILES string of the molecule is COc1ccc(C(=O)COC(=O)c2ccc(Cl)c(S(=O)(=O)N(C)C)c2)cc1F. The molecule has 2 rings (SSSR count). The zero-order valence-electron chi connectivity index (χ0n) is 15.2. The van der Waals surface area contributed by atoms with Crippen molar-refractivity contribution in [1.29, 1.82) is 0 Å². The highest BCUT2D eigenvalue weighted by molar-refractivity contribution is 7.89. The van der Waals surface area contributed by atoms with Crippen LogP contribution in [0.25, 0.3) is 0 Å². The van der Waals surface area contributed by atoms with E-state index in [4.69, 9.17) is 21.1 Å². The molecule has 0 aliphatic heterocycles. The van der Waals surface area contributed by atoms with E-state index in [-0.39, 0.29) is 26.8 Å². The highest BCUT2D eigenvalue weighted by atomic mass is 35.5. The standard InChI is InChI=1S/C18H17ClFNO6S/c1-21(2)28(24,25)17-9-12(4-6-13(17)19)18(23)27-10-15(22)11-5-7-16(26-3)14(20)8-11/h4-9H,10H2,1-3H3. The third-order valence-corrected chi connectivity index (χ3v) is 6.03. The molecule has 0 heterocycles. The summed E-state index contributed by atoms with van der Waals surface area (Å²) in [5, 5.41) is -0.0602. The second-order valence-corrected chi connectivity index (χ2v) is 8.31. The first-order valence-corrected chi connectivity index (χ1v) is 9.65. The Labute approximate surface area is 166 Å². The number of nitrogens with zero attached hydrogens (tertiary/aromatic N) is 1. The van der Waals surface area contributed by atoms with Crippen LogP contribution in [0.1, 0.15) is 20.7 Å². The second kappa shape index (κ2) is 8.68. The zero-order chi connectivity index (χ0) is 21.1. The lowest BCUT2D eigenvalue weighted by Gasteiger charge is -2.13. The van der Waals surface area contributed by atoms with Crippen LogP contribution < -0.4 is 4.74 Å². The van der Waals surface area contributed by atoms with E-state index < -0.39 is 34.2 Å². The number of rotatable bonds is 7. The number of methoxy groups -OCH3 is 1. The first-order chi connectivity index (χ1) is 13.1. The molecule has 0 atom stereocenters. The number of hydrogen-bond donors (Lipinski definition) is 0. The van der Waals surface area contributed by atoms with Gasteiger partial charge >= 0.3 is 5.97 Å². The van der Waals surface area contributed by atoms with Gasteiger partial charge in [-0.2, -0.15) is 0 Å². The molecule has 0 aliphatic rings. The van der Waals surface area contributed by atoms with Crippen LogP contribution in [0.2, 0.25) is 5.02 Å². The molecule has 28 heavy (non-hydrogen) atoms. The van der Waals surface area contributed by atoms with Gasteiger partial charge in [0.25, 0.3) is 0 Å². The van der Waals surface area contributed by atoms with Crippen molar-refractivity contribution in [2.24, 2.45) is 0 Å². The smallest absolute Gasteiger partial charge is 0.338 e. The largest absolute Gasteiger partial charge is 0.494 e. The van der Waals surface area contributed by atoms with Gasteiger partial charge in [0.2, 0.25) is 10.0 Å². The molecule has 0 amide bonds. The van der Waals surface area contributed by atoms with Crippen LogP contribution in [0.3, 0.4) is 0 Å². The summed E-state index contributed by atoms with van der Waals surface area (Å²) in [7, 11) is 0.0596. The van der Waals surface area contributed by atoms with Crippen molar-refractivity contribution in [1.82, 2.24) is 4.31 Å². The molecule has 0 unspecified atom stereocenters. The number of sulfonamides is 1. The second-order valence-electron chi connectivity index (χ2n) is 5.78. The fourth-order valence-corrected chi connectivity index (χ4v) is 3.56. The molecule has 0 saturated heterocycles. The predicted octanol–water partition coefficient (Wildman–Crippen LogP) is 2.78. The molecule has 0 fully saturated rings. The van der Waals surface area contributed by atoms with Crippen molar-refractivity contribution in [3.8, 4) is 5.75 Å². The lowest BCUT2D eigenvalue weighted by atomic mass is 10.1. The van der Waals surface area contributed by atoms with Crippen LogP contribution in [0.4, 0.5) is 4.39 Å². The first-order valence-electron chi connectivity index (χ1n) is 7.84. The summed E-state index contributed by atoms with van der Waals surface area (Å²) in [6.45, 7) is -0.650. The summed E-state index contributed by atoms with van der Waals surface area (Å²) >= 11 is 5.92. The van der Waals surface area contributed by atoms with Crippen LogP contribution in [-0.2, 0) is 14.8 Å². The molecule has 0 aliphatic carbocycles. The zero-order valence-corrected chi connectivity index (χ0v) is 16.8. The van der Waals surface area contributed by atoms with Gasteiger partial charge < -0.3 is 9.47 Å². The summed E-state index contributed by atoms with van der Waals surface area (Å²) < 4.78 is 48.8. The lowest BCUT2D eigenvalue weighted by Crippen LogP contribution is -2.23. The Hall–Kier alpha value is -2.49. The van der Waals surface area contributed by atoms with E-state index in [9.17, 15) is 22.4 Å². The van der Waals surface area contributed by atoms with Gasteiger partial charge in [0, 0.05) is 19.7 Å².